The first-order valence-electron chi connectivity index (χ1n) is 9.23. The van der Waals surface area contributed by atoms with Gasteiger partial charge in [0, 0.05) is 5.56 Å². The molecule has 3 aromatic rings. The van der Waals surface area contributed by atoms with Gasteiger partial charge < -0.3 is 14.2 Å². The molecule has 0 saturated carbocycles. The zero-order chi connectivity index (χ0) is 22.2. The predicted octanol–water partition coefficient (Wildman–Crippen LogP) is 5.26. The second-order valence-electron chi connectivity index (χ2n) is 6.36. The summed E-state index contributed by atoms with van der Waals surface area (Å²) in [5.41, 5.74) is 4.84. The Balaban J connectivity index is 1.69. The molecule has 8 heteroatoms. The minimum Gasteiger partial charge on any atom is -0.496 e. The number of hydrogen-bond acceptors (Lipinski definition) is 5. The van der Waals surface area contributed by atoms with Crippen LogP contribution in [0.2, 0.25) is 0 Å². The van der Waals surface area contributed by atoms with Crippen LogP contribution in [-0.2, 0) is 6.61 Å². The zero-order valence-electron chi connectivity index (χ0n) is 16.9. The molecule has 0 aliphatic carbocycles. The third-order valence-corrected chi connectivity index (χ3v) is 5.96. The van der Waals surface area contributed by atoms with Gasteiger partial charge in [0.25, 0.3) is 5.91 Å². The average molecular weight is 642 g/mol. The number of hydrogen-bond donors (Lipinski definition) is 1. The molecular formula is C23H20I2N2O4. The molecule has 0 fully saturated rings. The van der Waals surface area contributed by atoms with Gasteiger partial charge in [-0.15, -0.1) is 0 Å². The quantitative estimate of drug-likeness (QED) is 0.207. The van der Waals surface area contributed by atoms with Gasteiger partial charge in [-0.05, 0) is 86.6 Å². The van der Waals surface area contributed by atoms with Crippen LogP contribution in [-0.4, -0.2) is 26.3 Å². The SMILES string of the molecule is COc1cc(C(=O)N/N=C\c2cc(I)c(OCc3ccccc3)c(OC)c2)ccc1I. The second-order valence-corrected chi connectivity index (χ2v) is 8.68. The maximum absolute atomic E-state index is 12.3. The standard InChI is InChI=1S/C23H20I2N2O4/c1-29-20-12-17(8-9-18(20)24)23(28)27-26-13-16-10-19(25)22(21(11-16)30-2)31-14-15-6-4-3-5-7-15/h3-13H,14H2,1-2H3,(H,27,28)/b26-13-. The summed E-state index contributed by atoms with van der Waals surface area (Å²) in [5, 5.41) is 4.07. The van der Waals surface area contributed by atoms with E-state index in [2.05, 4.69) is 55.7 Å². The first-order chi connectivity index (χ1) is 15.0. The molecule has 0 radical (unpaired) electrons. The Morgan fingerprint density at radius 2 is 1.71 bits per heavy atom. The Labute approximate surface area is 208 Å². The fourth-order valence-corrected chi connectivity index (χ4v) is 4.05. The summed E-state index contributed by atoms with van der Waals surface area (Å²) in [7, 11) is 3.16. The summed E-state index contributed by atoms with van der Waals surface area (Å²) >= 11 is 4.34. The smallest absolute Gasteiger partial charge is 0.271 e. The Hall–Kier alpha value is -2.34. The molecule has 0 atom stereocenters. The second kappa shape index (κ2) is 11.3. The number of carbonyl (C=O) groups excluding carboxylic acids is 1. The molecule has 6 nitrogen and oxygen atoms in total. The van der Waals surface area contributed by atoms with E-state index in [0.29, 0.717) is 29.4 Å². The minimum atomic E-state index is -0.324. The fraction of sp³-hybridized carbons (Fsp3) is 0.130. The molecule has 0 aliphatic rings. The van der Waals surface area contributed by atoms with Crippen molar-refractivity contribution in [3.63, 3.8) is 0 Å². The molecule has 1 amide bonds. The molecule has 3 rings (SSSR count). The first-order valence-corrected chi connectivity index (χ1v) is 11.4. The highest BCUT2D eigenvalue weighted by Gasteiger charge is 2.12. The van der Waals surface area contributed by atoms with Crippen LogP contribution in [0.4, 0.5) is 0 Å². The van der Waals surface area contributed by atoms with E-state index in [1.54, 1.807) is 32.6 Å². The van der Waals surface area contributed by atoms with E-state index in [9.17, 15) is 4.79 Å². The van der Waals surface area contributed by atoms with Gasteiger partial charge in [-0.25, -0.2) is 5.43 Å². The van der Waals surface area contributed by atoms with E-state index >= 15 is 0 Å². The van der Waals surface area contributed by atoms with Crippen LogP contribution in [0.1, 0.15) is 21.5 Å². The van der Waals surface area contributed by atoms with Gasteiger partial charge in [0.1, 0.15) is 12.4 Å². The summed E-state index contributed by atoms with van der Waals surface area (Å²) in [6.07, 6.45) is 1.56. The Morgan fingerprint density at radius 1 is 0.968 bits per heavy atom. The number of nitrogens with one attached hydrogen (secondary N) is 1. The molecule has 0 saturated heterocycles. The monoisotopic (exact) mass is 642 g/mol. The van der Waals surface area contributed by atoms with Crippen molar-refractivity contribution in [3.05, 3.63) is 84.5 Å². The summed E-state index contributed by atoms with van der Waals surface area (Å²) in [5.74, 6) is 1.58. The van der Waals surface area contributed by atoms with Gasteiger partial charge in [0.05, 0.1) is 27.6 Å². The third-order valence-electron chi connectivity index (χ3n) is 4.27. The summed E-state index contributed by atoms with van der Waals surface area (Å²) in [4.78, 5) is 12.3. The Morgan fingerprint density at radius 3 is 2.42 bits per heavy atom. The maximum Gasteiger partial charge on any atom is 0.271 e. The Kier molecular flexibility index (Phi) is 8.52. The number of rotatable bonds is 8. The number of nitrogens with zero attached hydrogens (tertiary/aromatic N) is 1. The normalized spacial score (nSPS) is 10.7. The van der Waals surface area contributed by atoms with Gasteiger partial charge in [-0.1, -0.05) is 30.3 Å². The van der Waals surface area contributed by atoms with Crippen molar-refractivity contribution < 1.29 is 19.0 Å². The maximum atomic E-state index is 12.3. The lowest BCUT2D eigenvalue weighted by atomic mass is 10.2. The fourth-order valence-electron chi connectivity index (χ4n) is 2.72. The largest absolute Gasteiger partial charge is 0.496 e. The number of ether oxygens (including phenoxy) is 3. The summed E-state index contributed by atoms with van der Waals surface area (Å²) < 4.78 is 18.5. The lowest BCUT2D eigenvalue weighted by molar-refractivity contribution is 0.0954. The van der Waals surface area contributed by atoms with Gasteiger partial charge in [-0.3, -0.25) is 4.79 Å². The zero-order valence-corrected chi connectivity index (χ0v) is 21.2. The summed E-state index contributed by atoms with van der Waals surface area (Å²) in [6, 6.07) is 18.9. The molecule has 0 spiro atoms. The Bertz CT molecular complexity index is 1090. The van der Waals surface area contributed by atoms with Gasteiger partial charge >= 0.3 is 0 Å². The molecule has 0 aromatic heterocycles. The van der Waals surface area contributed by atoms with Crippen molar-refractivity contribution in [1.82, 2.24) is 5.43 Å². The van der Waals surface area contributed by atoms with Crippen LogP contribution in [0.5, 0.6) is 17.2 Å². The molecular weight excluding hydrogens is 622 g/mol. The molecule has 0 aliphatic heterocycles. The van der Waals surface area contributed by atoms with Crippen LogP contribution in [0.25, 0.3) is 0 Å². The molecule has 0 unspecified atom stereocenters. The van der Waals surface area contributed by atoms with Crippen molar-refractivity contribution in [3.8, 4) is 17.2 Å². The van der Waals surface area contributed by atoms with E-state index in [1.807, 2.05) is 48.5 Å². The van der Waals surface area contributed by atoms with Crippen LogP contribution >= 0.6 is 45.2 Å². The molecule has 3 aromatic carbocycles. The molecule has 0 heterocycles. The molecule has 1 N–H and O–H groups in total. The van der Waals surface area contributed by atoms with Crippen molar-refractivity contribution >= 4 is 57.3 Å². The highest BCUT2D eigenvalue weighted by molar-refractivity contribution is 14.1. The third kappa shape index (κ3) is 6.33. The predicted molar refractivity (Wildman–Crippen MR) is 137 cm³/mol. The van der Waals surface area contributed by atoms with Crippen LogP contribution in [0.15, 0.2) is 65.8 Å². The topological polar surface area (TPSA) is 69.2 Å². The van der Waals surface area contributed by atoms with Gasteiger partial charge in [0.2, 0.25) is 0 Å². The number of benzene rings is 3. The first kappa shape index (κ1) is 23.3. The van der Waals surface area contributed by atoms with E-state index in [4.69, 9.17) is 14.2 Å². The number of hydrazone groups is 1. The lowest BCUT2D eigenvalue weighted by Crippen LogP contribution is -2.17. The van der Waals surface area contributed by atoms with Crippen molar-refractivity contribution in [2.45, 2.75) is 6.61 Å². The average Bonchev–Trinajstić information content (AvgIpc) is 2.79. The molecule has 160 valence electrons. The van der Waals surface area contributed by atoms with Crippen molar-refractivity contribution in [2.75, 3.05) is 14.2 Å². The van der Waals surface area contributed by atoms with E-state index in [0.717, 1.165) is 18.3 Å². The van der Waals surface area contributed by atoms with E-state index < -0.39 is 0 Å². The molecule has 0 bridgehead atoms. The van der Waals surface area contributed by atoms with Gasteiger partial charge in [-0.2, -0.15) is 5.10 Å². The van der Waals surface area contributed by atoms with Crippen LogP contribution in [0.3, 0.4) is 0 Å². The number of amides is 1. The van der Waals surface area contributed by atoms with Gasteiger partial charge in [0.15, 0.2) is 11.5 Å². The number of carbonyl (C=O) groups is 1. The van der Waals surface area contributed by atoms with E-state index in [-0.39, 0.29) is 5.91 Å². The number of halogens is 2. The van der Waals surface area contributed by atoms with Crippen LogP contribution < -0.4 is 19.6 Å². The van der Waals surface area contributed by atoms with Crippen LogP contribution in [0, 0.1) is 7.14 Å². The highest BCUT2D eigenvalue weighted by atomic mass is 127. The minimum absolute atomic E-state index is 0.324. The molecule has 31 heavy (non-hydrogen) atoms. The summed E-state index contributed by atoms with van der Waals surface area (Å²) in [6.45, 7) is 0.441. The number of methoxy groups -OCH3 is 2. The van der Waals surface area contributed by atoms with Crippen molar-refractivity contribution in [1.29, 1.82) is 0 Å². The van der Waals surface area contributed by atoms with Crippen molar-refractivity contribution in [2.24, 2.45) is 5.10 Å². The lowest BCUT2D eigenvalue weighted by Gasteiger charge is -2.13. The highest BCUT2D eigenvalue weighted by Crippen LogP contribution is 2.34. The van der Waals surface area contributed by atoms with E-state index in [1.165, 1.54) is 0 Å².